The van der Waals surface area contributed by atoms with E-state index in [4.69, 9.17) is 21.9 Å². The minimum atomic E-state index is -0.599. The zero-order valence-electron chi connectivity index (χ0n) is 13.2. The van der Waals surface area contributed by atoms with Gasteiger partial charge in [0.25, 0.3) is 5.91 Å². The SMILES string of the molecule is Cc1cc(-c2noc(CNc3ccc(Cl)cc3C(N)=O)n2)ccc1F. The molecule has 0 unspecified atom stereocenters. The average molecular weight is 361 g/mol. The van der Waals surface area contributed by atoms with Gasteiger partial charge >= 0.3 is 0 Å². The first kappa shape index (κ1) is 16.9. The van der Waals surface area contributed by atoms with Gasteiger partial charge in [0.2, 0.25) is 11.7 Å². The van der Waals surface area contributed by atoms with Crippen molar-refractivity contribution < 1.29 is 13.7 Å². The molecule has 128 valence electrons. The second-order valence-electron chi connectivity index (χ2n) is 5.38. The number of nitrogens with two attached hydrogens (primary N) is 1. The van der Waals surface area contributed by atoms with Gasteiger partial charge in [-0.3, -0.25) is 4.79 Å². The van der Waals surface area contributed by atoms with Gasteiger partial charge in [0.1, 0.15) is 5.82 Å². The highest BCUT2D eigenvalue weighted by Gasteiger charge is 2.12. The number of carbonyl (C=O) groups is 1. The van der Waals surface area contributed by atoms with Crippen LogP contribution in [0.5, 0.6) is 0 Å². The van der Waals surface area contributed by atoms with E-state index in [1.54, 1.807) is 31.2 Å². The normalized spacial score (nSPS) is 10.7. The highest BCUT2D eigenvalue weighted by atomic mass is 35.5. The summed E-state index contributed by atoms with van der Waals surface area (Å²) in [6.45, 7) is 1.85. The van der Waals surface area contributed by atoms with E-state index in [0.29, 0.717) is 33.6 Å². The topological polar surface area (TPSA) is 94.0 Å². The predicted octanol–water partition coefficient (Wildman–Crippen LogP) is 3.55. The summed E-state index contributed by atoms with van der Waals surface area (Å²) >= 11 is 5.87. The summed E-state index contributed by atoms with van der Waals surface area (Å²) in [6, 6.07) is 9.33. The Bertz CT molecular complexity index is 942. The van der Waals surface area contributed by atoms with Crippen LogP contribution in [0.4, 0.5) is 10.1 Å². The molecule has 3 aromatic rings. The molecular formula is C17H14ClFN4O2. The zero-order chi connectivity index (χ0) is 18.0. The van der Waals surface area contributed by atoms with Gasteiger partial charge in [-0.1, -0.05) is 16.8 Å². The number of hydrogen-bond donors (Lipinski definition) is 2. The zero-order valence-corrected chi connectivity index (χ0v) is 14.0. The summed E-state index contributed by atoms with van der Waals surface area (Å²) in [5.41, 5.74) is 7.26. The van der Waals surface area contributed by atoms with Crippen LogP contribution in [0.1, 0.15) is 21.8 Å². The molecule has 25 heavy (non-hydrogen) atoms. The Balaban J connectivity index is 1.76. The van der Waals surface area contributed by atoms with Gasteiger partial charge in [-0.25, -0.2) is 4.39 Å². The van der Waals surface area contributed by atoms with Gasteiger partial charge in [0.15, 0.2) is 0 Å². The van der Waals surface area contributed by atoms with E-state index in [1.807, 2.05) is 0 Å². The van der Waals surface area contributed by atoms with Gasteiger partial charge in [0.05, 0.1) is 12.1 Å². The Labute approximate surface area is 147 Å². The summed E-state index contributed by atoms with van der Waals surface area (Å²) in [5.74, 6) is -0.234. The third-order valence-electron chi connectivity index (χ3n) is 3.56. The van der Waals surface area contributed by atoms with E-state index in [0.717, 1.165) is 0 Å². The van der Waals surface area contributed by atoms with Crippen LogP contribution in [-0.4, -0.2) is 16.0 Å². The first-order chi connectivity index (χ1) is 11.9. The Morgan fingerprint density at radius 1 is 1.32 bits per heavy atom. The predicted molar refractivity (Wildman–Crippen MR) is 91.7 cm³/mol. The number of nitrogens with one attached hydrogen (secondary N) is 1. The first-order valence-electron chi connectivity index (χ1n) is 7.36. The van der Waals surface area contributed by atoms with Crippen molar-refractivity contribution in [3.63, 3.8) is 0 Å². The summed E-state index contributed by atoms with van der Waals surface area (Å²) < 4.78 is 18.5. The van der Waals surface area contributed by atoms with E-state index >= 15 is 0 Å². The summed E-state index contributed by atoms with van der Waals surface area (Å²) in [6.07, 6.45) is 0. The van der Waals surface area contributed by atoms with Crippen LogP contribution in [0.25, 0.3) is 11.4 Å². The van der Waals surface area contributed by atoms with Crippen LogP contribution in [0.15, 0.2) is 40.9 Å². The number of hydrogen-bond acceptors (Lipinski definition) is 5. The van der Waals surface area contributed by atoms with Crippen LogP contribution < -0.4 is 11.1 Å². The fourth-order valence-corrected chi connectivity index (χ4v) is 2.45. The molecule has 0 fully saturated rings. The fourth-order valence-electron chi connectivity index (χ4n) is 2.27. The number of anilines is 1. The lowest BCUT2D eigenvalue weighted by Crippen LogP contribution is -2.14. The van der Waals surface area contributed by atoms with E-state index < -0.39 is 5.91 Å². The van der Waals surface area contributed by atoms with Crippen LogP contribution in [-0.2, 0) is 6.54 Å². The molecule has 0 radical (unpaired) electrons. The molecule has 1 aromatic heterocycles. The molecule has 0 saturated heterocycles. The van der Waals surface area contributed by atoms with Crippen LogP contribution in [0, 0.1) is 12.7 Å². The van der Waals surface area contributed by atoms with E-state index in [2.05, 4.69) is 15.5 Å². The number of aromatic nitrogens is 2. The number of rotatable bonds is 5. The molecule has 3 rings (SSSR count). The van der Waals surface area contributed by atoms with Crippen molar-refractivity contribution >= 4 is 23.2 Å². The molecular weight excluding hydrogens is 347 g/mol. The molecule has 0 aliphatic heterocycles. The van der Waals surface area contributed by atoms with Gasteiger partial charge in [-0.2, -0.15) is 4.98 Å². The van der Waals surface area contributed by atoms with Crippen molar-refractivity contribution in [2.75, 3.05) is 5.32 Å². The number of aryl methyl sites for hydroxylation is 1. The lowest BCUT2D eigenvalue weighted by molar-refractivity contribution is 0.100. The number of benzene rings is 2. The quantitative estimate of drug-likeness (QED) is 0.725. The molecule has 6 nitrogen and oxygen atoms in total. The maximum atomic E-state index is 13.3. The first-order valence-corrected chi connectivity index (χ1v) is 7.74. The minimum absolute atomic E-state index is 0.190. The Morgan fingerprint density at radius 2 is 2.12 bits per heavy atom. The molecule has 8 heteroatoms. The molecule has 3 N–H and O–H groups in total. The van der Waals surface area contributed by atoms with Crippen LogP contribution in [0.3, 0.4) is 0 Å². The number of amides is 1. The molecule has 0 saturated carbocycles. The molecule has 2 aromatic carbocycles. The van der Waals surface area contributed by atoms with Gasteiger partial charge < -0.3 is 15.6 Å². The highest BCUT2D eigenvalue weighted by molar-refractivity contribution is 6.31. The van der Waals surface area contributed by atoms with E-state index in [9.17, 15) is 9.18 Å². The Kier molecular flexibility index (Phi) is 4.67. The van der Waals surface area contributed by atoms with Gasteiger partial charge in [-0.05, 0) is 48.9 Å². The monoisotopic (exact) mass is 360 g/mol. The molecule has 0 aliphatic rings. The second-order valence-corrected chi connectivity index (χ2v) is 5.82. The highest BCUT2D eigenvalue weighted by Crippen LogP contribution is 2.22. The van der Waals surface area contributed by atoms with Crippen molar-refractivity contribution in [3.8, 4) is 11.4 Å². The van der Waals surface area contributed by atoms with Crippen molar-refractivity contribution in [3.05, 3.63) is 64.3 Å². The summed E-state index contributed by atoms with van der Waals surface area (Å²) in [4.78, 5) is 15.7. The number of halogens is 2. The lowest BCUT2D eigenvalue weighted by atomic mass is 10.1. The third kappa shape index (κ3) is 3.77. The van der Waals surface area contributed by atoms with Crippen molar-refractivity contribution in [1.29, 1.82) is 0 Å². The lowest BCUT2D eigenvalue weighted by Gasteiger charge is -2.08. The Morgan fingerprint density at radius 3 is 2.84 bits per heavy atom. The smallest absolute Gasteiger partial charge is 0.250 e. The van der Waals surface area contributed by atoms with E-state index in [-0.39, 0.29) is 17.9 Å². The maximum Gasteiger partial charge on any atom is 0.250 e. The van der Waals surface area contributed by atoms with Gasteiger partial charge in [0, 0.05) is 16.3 Å². The number of nitrogens with zero attached hydrogens (tertiary/aromatic N) is 2. The molecule has 0 spiro atoms. The second kappa shape index (κ2) is 6.90. The van der Waals surface area contributed by atoms with Crippen molar-refractivity contribution in [2.45, 2.75) is 13.5 Å². The van der Waals surface area contributed by atoms with Crippen molar-refractivity contribution in [2.24, 2.45) is 5.73 Å². The Hall–Kier alpha value is -2.93. The standard InChI is InChI=1S/C17H14ClFN4O2/c1-9-6-10(2-4-13(9)19)17-22-15(25-23-17)8-21-14-5-3-11(18)7-12(14)16(20)24/h2-7,21H,8H2,1H3,(H2,20,24). The largest absolute Gasteiger partial charge is 0.375 e. The molecule has 1 amide bonds. The number of primary amides is 1. The molecule has 0 aliphatic carbocycles. The molecule has 0 atom stereocenters. The van der Waals surface area contributed by atoms with Crippen molar-refractivity contribution in [1.82, 2.24) is 10.1 Å². The fraction of sp³-hybridized carbons (Fsp3) is 0.118. The number of carbonyl (C=O) groups excluding carboxylic acids is 1. The minimum Gasteiger partial charge on any atom is -0.375 e. The van der Waals surface area contributed by atoms with Gasteiger partial charge in [-0.15, -0.1) is 0 Å². The summed E-state index contributed by atoms with van der Waals surface area (Å²) in [7, 11) is 0. The molecule has 0 bridgehead atoms. The van der Waals surface area contributed by atoms with Crippen LogP contribution >= 0.6 is 11.6 Å². The molecule has 1 heterocycles. The maximum absolute atomic E-state index is 13.3. The average Bonchev–Trinajstić information content (AvgIpc) is 3.05. The van der Waals surface area contributed by atoms with Crippen LogP contribution in [0.2, 0.25) is 5.02 Å². The summed E-state index contributed by atoms with van der Waals surface area (Å²) in [5, 5.41) is 7.30. The van der Waals surface area contributed by atoms with E-state index in [1.165, 1.54) is 12.1 Å². The third-order valence-corrected chi connectivity index (χ3v) is 3.80.